The first kappa shape index (κ1) is 12.3. The largest absolute Gasteiger partial charge is 0.388 e. The second kappa shape index (κ2) is 3.95. The molecule has 4 heteroatoms. The van der Waals surface area contributed by atoms with Gasteiger partial charge in [-0.3, -0.25) is 0 Å². The van der Waals surface area contributed by atoms with E-state index in [1.807, 2.05) is 13.8 Å². The molecule has 2 aliphatic rings. The van der Waals surface area contributed by atoms with Gasteiger partial charge in [-0.1, -0.05) is 0 Å². The van der Waals surface area contributed by atoms with Gasteiger partial charge in [0.1, 0.15) is 12.2 Å². The van der Waals surface area contributed by atoms with Crippen LogP contribution in [0.3, 0.4) is 0 Å². The lowest BCUT2D eigenvalue weighted by molar-refractivity contribution is -0.167. The van der Waals surface area contributed by atoms with Gasteiger partial charge >= 0.3 is 0 Å². The summed E-state index contributed by atoms with van der Waals surface area (Å²) < 4.78 is 16.9. The van der Waals surface area contributed by atoms with E-state index in [1.54, 1.807) is 0 Å². The number of ether oxygens (including phenoxy) is 3. The van der Waals surface area contributed by atoms with Crippen LogP contribution < -0.4 is 0 Å². The summed E-state index contributed by atoms with van der Waals surface area (Å²) >= 11 is 0. The minimum atomic E-state index is -0.594. The lowest BCUT2D eigenvalue weighted by Crippen LogP contribution is -2.40. The molecule has 1 N–H and O–H groups in total. The summed E-state index contributed by atoms with van der Waals surface area (Å²) in [7, 11) is 0. The highest BCUT2D eigenvalue weighted by molar-refractivity contribution is 4.90. The molecule has 0 spiro atoms. The minimum Gasteiger partial charge on any atom is -0.388 e. The van der Waals surface area contributed by atoms with Gasteiger partial charge in [-0.15, -0.1) is 0 Å². The molecule has 2 rings (SSSR count). The van der Waals surface area contributed by atoms with Gasteiger partial charge in [-0.25, -0.2) is 0 Å². The Kier molecular flexibility index (Phi) is 3.03. The maximum Gasteiger partial charge on any atom is 0.163 e. The van der Waals surface area contributed by atoms with Crippen LogP contribution in [0.25, 0.3) is 0 Å². The summed E-state index contributed by atoms with van der Waals surface area (Å²) in [5.41, 5.74) is -0.124. The van der Waals surface area contributed by atoms with E-state index in [1.165, 1.54) is 0 Å². The number of aliphatic hydroxyl groups excluding tert-OH is 1. The maximum atomic E-state index is 10.2. The van der Waals surface area contributed by atoms with Crippen LogP contribution in [0.5, 0.6) is 0 Å². The van der Waals surface area contributed by atoms with E-state index in [4.69, 9.17) is 14.2 Å². The molecule has 0 radical (unpaired) electrons. The Morgan fingerprint density at radius 3 is 2.25 bits per heavy atom. The molecule has 2 aliphatic heterocycles. The monoisotopic (exact) mass is 230 g/mol. The van der Waals surface area contributed by atoms with Crippen LogP contribution in [0.1, 0.15) is 40.5 Å². The van der Waals surface area contributed by atoms with Gasteiger partial charge in [0, 0.05) is 0 Å². The van der Waals surface area contributed by atoms with Crippen LogP contribution in [-0.4, -0.2) is 41.4 Å². The van der Waals surface area contributed by atoms with Crippen molar-refractivity contribution in [2.75, 3.05) is 6.61 Å². The summed E-state index contributed by atoms with van der Waals surface area (Å²) in [4.78, 5) is 0. The van der Waals surface area contributed by atoms with Gasteiger partial charge in [0.15, 0.2) is 5.79 Å². The second-order valence-corrected chi connectivity index (χ2v) is 5.81. The third-order valence-electron chi connectivity index (χ3n) is 3.29. The number of hydrogen-bond acceptors (Lipinski definition) is 4. The van der Waals surface area contributed by atoms with Crippen molar-refractivity contribution in [2.45, 2.75) is 70.2 Å². The highest BCUT2D eigenvalue weighted by atomic mass is 16.7. The van der Waals surface area contributed by atoms with E-state index in [9.17, 15) is 5.11 Å². The van der Waals surface area contributed by atoms with Gasteiger partial charge in [0.25, 0.3) is 0 Å². The molecule has 0 saturated carbocycles. The quantitative estimate of drug-likeness (QED) is 0.780. The molecule has 3 unspecified atom stereocenters. The molecular formula is C12H22O4. The SMILES string of the molecule is CC1(C)CCC(C(O)C2COC(C)(C)O2)O1. The molecular weight excluding hydrogens is 208 g/mol. The predicted molar refractivity (Wildman–Crippen MR) is 59.1 cm³/mol. The van der Waals surface area contributed by atoms with E-state index < -0.39 is 11.9 Å². The summed E-state index contributed by atoms with van der Waals surface area (Å²) in [6.07, 6.45) is 0.870. The first-order valence-corrected chi connectivity index (χ1v) is 5.97. The van der Waals surface area contributed by atoms with E-state index in [0.29, 0.717) is 6.61 Å². The van der Waals surface area contributed by atoms with Gasteiger partial charge in [0.2, 0.25) is 0 Å². The second-order valence-electron chi connectivity index (χ2n) is 5.81. The molecule has 0 aromatic heterocycles. The van der Waals surface area contributed by atoms with Gasteiger partial charge < -0.3 is 19.3 Å². The minimum absolute atomic E-state index is 0.124. The number of aliphatic hydroxyl groups is 1. The van der Waals surface area contributed by atoms with Gasteiger partial charge in [-0.2, -0.15) is 0 Å². The smallest absolute Gasteiger partial charge is 0.163 e. The highest BCUT2D eigenvalue weighted by Crippen LogP contribution is 2.34. The zero-order valence-corrected chi connectivity index (χ0v) is 10.5. The molecule has 2 heterocycles. The van der Waals surface area contributed by atoms with Gasteiger partial charge in [0.05, 0.1) is 18.3 Å². The van der Waals surface area contributed by atoms with Crippen molar-refractivity contribution < 1.29 is 19.3 Å². The molecule has 0 aliphatic carbocycles. The first-order chi connectivity index (χ1) is 7.29. The van der Waals surface area contributed by atoms with Crippen LogP contribution in [0.4, 0.5) is 0 Å². The van der Waals surface area contributed by atoms with Crippen molar-refractivity contribution in [3.8, 4) is 0 Å². The fourth-order valence-corrected chi connectivity index (χ4v) is 2.38. The third kappa shape index (κ3) is 2.56. The highest BCUT2D eigenvalue weighted by Gasteiger charge is 2.44. The zero-order chi connectivity index (χ0) is 12.0. The molecule has 2 fully saturated rings. The van der Waals surface area contributed by atoms with Crippen molar-refractivity contribution in [2.24, 2.45) is 0 Å². The zero-order valence-electron chi connectivity index (χ0n) is 10.5. The van der Waals surface area contributed by atoms with Crippen molar-refractivity contribution in [1.82, 2.24) is 0 Å². The average molecular weight is 230 g/mol. The van der Waals surface area contributed by atoms with Crippen LogP contribution >= 0.6 is 0 Å². The molecule has 0 amide bonds. The molecule has 2 saturated heterocycles. The first-order valence-electron chi connectivity index (χ1n) is 5.97. The molecule has 94 valence electrons. The Hall–Kier alpha value is -0.160. The Labute approximate surface area is 96.9 Å². The number of hydrogen-bond donors (Lipinski definition) is 1. The van der Waals surface area contributed by atoms with E-state index in [-0.39, 0.29) is 17.8 Å². The van der Waals surface area contributed by atoms with E-state index in [0.717, 1.165) is 12.8 Å². The topological polar surface area (TPSA) is 47.9 Å². The lowest BCUT2D eigenvalue weighted by atomic mass is 10.0. The molecule has 0 aromatic carbocycles. The Morgan fingerprint density at radius 2 is 1.81 bits per heavy atom. The van der Waals surface area contributed by atoms with Gasteiger partial charge in [-0.05, 0) is 40.5 Å². The fraction of sp³-hybridized carbons (Fsp3) is 1.00. The Morgan fingerprint density at radius 1 is 1.12 bits per heavy atom. The third-order valence-corrected chi connectivity index (χ3v) is 3.29. The standard InChI is InChI=1S/C12H22O4/c1-11(2)6-5-8(15-11)10(13)9-7-14-12(3,4)16-9/h8-10,13H,5-7H2,1-4H3. The molecule has 4 nitrogen and oxygen atoms in total. The Balaban J connectivity index is 1.92. The lowest BCUT2D eigenvalue weighted by Gasteiger charge is -2.26. The molecule has 0 aromatic rings. The normalized spacial score (nSPS) is 38.8. The molecule has 16 heavy (non-hydrogen) atoms. The predicted octanol–water partition coefficient (Wildman–Crippen LogP) is 1.46. The molecule has 0 bridgehead atoms. The summed E-state index contributed by atoms with van der Waals surface area (Å²) in [5, 5.41) is 10.2. The van der Waals surface area contributed by atoms with Crippen molar-refractivity contribution in [3.05, 3.63) is 0 Å². The van der Waals surface area contributed by atoms with Crippen LogP contribution in [0.15, 0.2) is 0 Å². The number of rotatable bonds is 2. The van der Waals surface area contributed by atoms with Crippen molar-refractivity contribution in [3.63, 3.8) is 0 Å². The van der Waals surface area contributed by atoms with E-state index in [2.05, 4.69) is 13.8 Å². The van der Waals surface area contributed by atoms with Crippen molar-refractivity contribution >= 4 is 0 Å². The van der Waals surface area contributed by atoms with Crippen LogP contribution in [0, 0.1) is 0 Å². The summed E-state index contributed by atoms with van der Waals surface area (Å²) in [6, 6.07) is 0. The van der Waals surface area contributed by atoms with Crippen LogP contribution in [0.2, 0.25) is 0 Å². The average Bonchev–Trinajstić information content (AvgIpc) is 2.68. The summed E-state index contributed by atoms with van der Waals surface area (Å²) in [6.45, 7) is 8.26. The van der Waals surface area contributed by atoms with Crippen molar-refractivity contribution in [1.29, 1.82) is 0 Å². The maximum absolute atomic E-state index is 10.2. The fourth-order valence-electron chi connectivity index (χ4n) is 2.38. The van der Waals surface area contributed by atoms with E-state index >= 15 is 0 Å². The summed E-state index contributed by atoms with van der Waals surface area (Å²) in [5.74, 6) is -0.584. The van der Waals surface area contributed by atoms with Crippen LogP contribution in [-0.2, 0) is 14.2 Å². The Bertz CT molecular complexity index is 236. The molecule has 3 atom stereocenters.